The molecule has 0 aliphatic rings. The molecule has 0 rings (SSSR count). The van der Waals surface area contributed by atoms with Gasteiger partial charge in [-0.15, -0.1) is 0 Å². The van der Waals surface area contributed by atoms with Crippen LogP contribution in [-0.4, -0.2) is 51.4 Å². The molecular formula is C7H12O7. The summed E-state index contributed by atoms with van der Waals surface area (Å²) in [5.41, 5.74) is 0. The lowest BCUT2D eigenvalue weighted by Gasteiger charge is -2.16. The van der Waals surface area contributed by atoms with Gasteiger partial charge in [-0.2, -0.15) is 0 Å². The van der Waals surface area contributed by atoms with Gasteiger partial charge in [-0.3, -0.25) is 9.59 Å². The summed E-state index contributed by atoms with van der Waals surface area (Å²) in [5, 5.41) is 33.9. The van der Waals surface area contributed by atoms with E-state index >= 15 is 0 Å². The number of aliphatic carboxylic acids is 2. The second-order valence-corrected chi connectivity index (χ2v) is 2.59. The first-order valence-corrected chi connectivity index (χ1v) is 3.83. The first-order valence-electron chi connectivity index (χ1n) is 3.83. The van der Waals surface area contributed by atoms with Crippen molar-refractivity contribution in [1.29, 1.82) is 0 Å². The van der Waals surface area contributed by atoms with Crippen molar-refractivity contribution in [3.63, 3.8) is 0 Å². The predicted octanol–water partition coefficient (Wildman–Crippen LogP) is -1.37. The van der Waals surface area contributed by atoms with E-state index in [4.69, 9.17) is 20.4 Å². The molecule has 14 heavy (non-hydrogen) atoms. The summed E-state index contributed by atoms with van der Waals surface area (Å²) in [6, 6.07) is 0. The van der Waals surface area contributed by atoms with E-state index in [-0.39, 0.29) is 0 Å². The Labute approximate surface area is 79.5 Å². The van der Waals surface area contributed by atoms with Crippen LogP contribution in [0.2, 0.25) is 0 Å². The molecule has 82 valence electrons. The number of aliphatic hydroxyl groups is 2. The van der Waals surface area contributed by atoms with E-state index in [1.807, 2.05) is 0 Å². The molecule has 0 aromatic carbocycles. The molecule has 7 heteroatoms. The maximum atomic E-state index is 10.2. The van der Waals surface area contributed by atoms with Crippen molar-refractivity contribution in [3.05, 3.63) is 0 Å². The fourth-order valence-corrected chi connectivity index (χ4v) is 0.823. The molecule has 0 saturated heterocycles. The van der Waals surface area contributed by atoms with Gasteiger partial charge in [0.1, 0.15) is 0 Å². The zero-order valence-electron chi connectivity index (χ0n) is 7.29. The van der Waals surface area contributed by atoms with Gasteiger partial charge in [0.15, 0.2) is 6.29 Å². The molecule has 0 amide bonds. The number of hydrogen-bond donors (Lipinski definition) is 4. The van der Waals surface area contributed by atoms with Crippen molar-refractivity contribution in [2.24, 2.45) is 0 Å². The fourth-order valence-electron chi connectivity index (χ4n) is 0.823. The van der Waals surface area contributed by atoms with Crippen molar-refractivity contribution in [2.45, 2.75) is 25.2 Å². The first-order chi connectivity index (χ1) is 6.45. The third-order valence-electron chi connectivity index (χ3n) is 1.31. The maximum absolute atomic E-state index is 10.2. The summed E-state index contributed by atoms with van der Waals surface area (Å²) in [4.78, 5) is 20.5. The monoisotopic (exact) mass is 208 g/mol. The largest absolute Gasteiger partial charge is 0.481 e. The quantitative estimate of drug-likeness (QED) is 0.380. The Kier molecular flexibility index (Phi) is 5.77. The van der Waals surface area contributed by atoms with Gasteiger partial charge < -0.3 is 25.2 Å². The minimum atomic E-state index is -1.56. The normalized spacial score (nSPS) is 12.8. The molecule has 0 bridgehead atoms. The van der Waals surface area contributed by atoms with Gasteiger partial charge in [-0.1, -0.05) is 0 Å². The molecule has 0 aliphatic carbocycles. The Morgan fingerprint density at radius 1 is 1.14 bits per heavy atom. The minimum absolute atomic E-state index is 0.538. The lowest BCUT2D eigenvalue weighted by Crippen LogP contribution is -2.28. The SMILES string of the molecule is O=C(O)CC(CC(=O)O)OC(O)CO. The third kappa shape index (κ3) is 6.35. The second kappa shape index (κ2) is 6.30. The molecule has 0 aliphatic heterocycles. The summed E-state index contributed by atoms with van der Waals surface area (Å²) < 4.78 is 4.57. The van der Waals surface area contributed by atoms with E-state index in [1.54, 1.807) is 0 Å². The van der Waals surface area contributed by atoms with Crippen LogP contribution >= 0.6 is 0 Å². The summed E-state index contributed by atoms with van der Waals surface area (Å²) in [5.74, 6) is -2.47. The zero-order valence-corrected chi connectivity index (χ0v) is 7.29. The Morgan fingerprint density at radius 3 is 1.86 bits per heavy atom. The summed E-state index contributed by atoms with van der Waals surface area (Å²) in [6.45, 7) is -0.713. The third-order valence-corrected chi connectivity index (χ3v) is 1.31. The van der Waals surface area contributed by atoms with Crippen LogP contribution < -0.4 is 0 Å². The summed E-state index contributed by atoms with van der Waals surface area (Å²) in [6.07, 6.45) is -3.78. The lowest BCUT2D eigenvalue weighted by molar-refractivity contribution is -0.172. The van der Waals surface area contributed by atoms with Crippen LogP contribution in [0.15, 0.2) is 0 Å². The van der Waals surface area contributed by atoms with Crippen molar-refractivity contribution < 1.29 is 34.8 Å². The van der Waals surface area contributed by atoms with Crippen molar-refractivity contribution in [1.82, 2.24) is 0 Å². The molecule has 0 heterocycles. The van der Waals surface area contributed by atoms with Gasteiger partial charge in [0.2, 0.25) is 0 Å². The van der Waals surface area contributed by atoms with E-state index in [1.165, 1.54) is 0 Å². The van der Waals surface area contributed by atoms with Gasteiger partial charge in [-0.05, 0) is 0 Å². The molecule has 0 radical (unpaired) electrons. The van der Waals surface area contributed by atoms with Crippen LogP contribution in [-0.2, 0) is 14.3 Å². The molecule has 1 unspecified atom stereocenters. The number of carboxylic acid groups (broad SMARTS) is 2. The lowest BCUT2D eigenvalue weighted by atomic mass is 10.2. The molecular weight excluding hydrogens is 196 g/mol. The van der Waals surface area contributed by atoms with Gasteiger partial charge >= 0.3 is 11.9 Å². The van der Waals surface area contributed by atoms with Crippen LogP contribution in [0.4, 0.5) is 0 Å². The van der Waals surface area contributed by atoms with Gasteiger partial charge in [-0.25, -0.2) is 0 Å². The highest BCUT2D eigenvalue weighted by Gasteiger charge is 2.20. The zero-order chi connectivity index (χ0) is 11.1. The van der Waals surface area contributed by atoms with E-state index < -0.39 is 43.8 Å². The molecule has 4 N–H and O–H groups in total. The molecule has 0 aromatic rings. The molecule has 0 spiro atoms. The van der Waals surface area contributed by atoms with Crippen LogP contribution in [0.3, 0.4) is 0 Å². The Bertz CT molecular complexity index is 186. The number of ether oxygens (including phenoxy) is 1. The second-order valence-electron chi connectivity index (χ2n) is 2.59. The van der Waals surface area contributed by atoms with Crippen LogP contribution in [0.1, 0.15) is 12.8 Å². The molecule has 1 atom stereocenters. The Morgan fingerprint density at radius 2 is 1.57 bits per heavy atom. The highest BCUT2D eigenvalue weighted by molar-refractivity contribution is 5.71. The molecule has 0 saturated carbocycles. The van der Waals surface area contributed by atoms with E-state index in [0.717, 1.165) is 0 Å². The predicted molar refractivity (Wildman–Crippen MR) is 42.5 cm³/mol. The van der Waals surface area contributed by atoms with Crippen LogP contribution in [0, 0.1) is 0 Å². The fraction of sp³-hybridized carbons (Fsp3) is 0.714. The number of aliphatic hydroxyl groups excluding tert-OH is 2. The Balaban J connectivity index is 4.09. The van der Waals surface area contributed by atoms with Gasteiger partial charge in [0.05, 0.1) is 25.6 Å². The van der Waals surface area contributed by atoms with E-state index in [2.05, 4.69) is 4.74 Å². The van der Waals surface area contributed by atoms with Crippen molar-refractivity contribution >= 4 is 11.9 Å². The van der Waals surface area contributed by atoms with Crippen molar-refractivity contribution in [3.8, 4) is 0 Å². The first kappa shape index (κ1) is 12.8. The van der Waals surface area contributed by atoms with Gasteiger partial charge in [0, 0.05) is 0 Å². The highest BCUT2D eigenvalue weighted by Crippen LogP contribution is 2.06. The summed E-state index contributed by atoms with van der Waals surface area (Å²) >= 11 is 0. The van der Waals surface area contributed by atoms with Crippen LogP contribution in [0.5, 0.6) is 0 Å². The topological polar surface area (TPSA) is 124 Å². The number of rotatable bonds is 7. The summed E-state index contributed by atoms with van der Waals surface area (Å²) in [7, 11) is 0. The number of carbonyl (C=O) groups is 2. The highest BCUT2D eigenvalue weighted by atomic mass is 16.6. The molecule has 0 fully saturated rings. The van der Waals surface area contributed by atoms with Crippen LogP contribution in [0.25, 0.3) is 0 Å². The van der Waals surface area contributed by atoms with E-state index in [0.29, 0.717) is 0 Å². The standard InChI is InChI=1S/C7H12O7/c8-3-7(13)14-4(1-5(9)10)2-6(11)12/h4,7-8,13H,1-3H2,(H,9,10)(H,11,12). The maximum Gasteiger partial charge on any atom is 0.306 e. The molecule has 0 aromatic heterocycles. The van der Waals surface area contributed by atoms with Gasteiger partial charge in [0.25, 0.3) is 0 Å². The average Bonchev–Trinajstić information content (AvgIpc) is 2.01. The smallest absolute Gasteiger partial charge is 0.306 e. The minimum Gasteiger partial charge on any atom is -0.481 e. The average molecular weight is 208 g/mol. The van der Waals surface area contributed by atoms with E-state index in [9.17, 15) is 9.59 Å². The number of carboxylic acids is 2. The van der Waals surface area contributed by atoms with Crippen molar-refractivity contribution in [2.75, 3.05) is 6.61 Å². The Hall–Kier alpha value is -1.18. The number of hydrogen-bond acceptors (Lipinski definition) is 5. The molecule has 7 nitrogen and oxygen atoms in total.